The molecule has 0 fully saturated rings. The Bertz CT molecular complexity index is 761. The van der Waals surface area contributed by atoms with Crippen LogP contribution in [0.15, 0.2) is 42.5 Å². The normalized spacial score (nSPS) is 9.88. The summed E-state index contributed by atoms with van der Waals surface area (Å²) in [6.45, 7) is 0.308. The van der Waals surface area contributed by atoms with E-state index in [1.807, 2.05) is 6.07 Å². The Labute approximate surface area is 145 Å². The molecule has 0 unspecified atom stereocenters. The van der Waals surface area contributed by atoms with Crippen LogP contribution in [-0.2, 0) is 11.3 Å². The monoisotopic (exact) mass is 344 g/mol. The molecule has 0 aliphatic heterocycles. The van der Waals surface area contributed by atoms with Crippen molar-refractivity contribution < 1.29 is 23.8 Å². The van der Waals surface area contributed by atoms with Crippen molar-refractivity contribution in [1.29, 1.82) is 0 Å². The van der Waals surface area contributed by atoms with Gasteiger partial charge in [-0.2, -0.15) is 0 Å². The van der Waals surface area contributed by atoms with Gasteiger partial charge < -0.3 is 24.8 Å². The topological polar surface area (TPSA) is 85.9 Å². The molecule has 0 bridgehead atoms. The van der Waals surface area contributed by atoms with Gasteiger partial charge in [-0.15, -0.1) is 0 Å². The number of esters is 1. The third-order valence-electron chi connectivity index (χ3n) is 3.44. The summed E-state index contributed by atoms with van der Waals surface area (Å²) in [5.74, 6) is 0.748. The number of rotatable bonds is 6. The molecule has 2 N–H and O–H groups in total. The van der Waals surface area contributed by atoms with Gasteiger partial charge >= 0.3 is 12.0 Å². The molecule has 7 heteroatoms. The molecule has 132 valence electrons. The number of ether oxygens (including phenoxy) is 3. The van der Waals surface area contributed by atoms with E-state index in [1.54, 1.807) is 50.6 Å². The van der Waals surface area contributed by atoms with E-state index in [9.17, 15) is 9.59 Å². The van der Waals surface area contributed by atoms with Crippen LogP contribution in [0.2, 0.25) is 0 Å². The molecule has 0 heterocycles. The van der Waals surface area contributed by atoms with Gasteiger partial charge in [-0.1, -0.05) is 12.1 Å². The summed E-state index contributed by atoms with van der Waals surface area (Å²) in [4.78, 5) is 23.5. The zero-order valence-electron chi connectivity index (χ0n) is 14.3. The first-order valence-electron chi connectivity index (χ1n) is 7.51. The van der Waals surface area contributed by atoms with Crippen molar-refractivity contribution in [3.63, 3.8) is 0 Å². The Morgan fingerprint density at radius 3 is 2.40 bits per heavy atom. The number of hydrogen-bond acceptors (Lipinski definition) is 5. The number of methoxy groups -OCH3 is 3. The van der Waals surface area contributed by atoms with Crippen molar-refractivity contribution in [3.05, 3.63) is 53.6 Å². The molecule has 0 aliphatic rings. The third-order valence-corrected chi connectivity index (χ3v) is 3.44. The summed E-state index contributed by atoms with van der Waals surface area (Å²) in [6.07, 6.45) is 0. The lowest BCUT2D eigenvalue weighted by atomic mass is 10.2. The summed E-state index contributed by atoms with van der Waals surface area (Å²) in [5.41, 5.74) is 1.71. The number of hydrogen-bond donors (Lipinski definition) is 2. The highest BCUT2D eigenvalue weighted by Gasteiger charge is 2.09. The van der Waals surface area contributed by atoms with E-state index in [1.165, 1.54) is 7.11 Å². The van der Waals surface area contributed by atoms with E-state index in [2.05, 4.69) is 15.4 Å². The second-order valence-electron chi connectivity index (χ2n) is 5.07. The minimum Gasteiger partial charge on any atom is -0.493 e. The maximum atomic E-state index is 12.0. The van der Waals surface area contributed by atoms with Crippen molar-refractivity contribution in [2.75, 3.05) is 26.6 Å². The summed E-state index contributed by atoms with van der Waals surface area (Å²) >= 11 is 0. The minimum atomic E-state index is -0.464. The summed E-state index contributed by atoms with van der Waals surface area (Å²) in [7, 11) is 4.42. The molecule has 25 heavy (non-hydrogen) atoms. The Hall–Kier alpha value is -3.22. The van der Waals surface area contributed by atoms with Gasteiger partial charge in [0.2, 0.25) is 0 Å². The minimum absolute atomic E-state index is 0.308. The van der Waals surface area contributed by atoms with Crippen molar-refractivity contribution in [3.8, 4) is 11.5 Å². The van der Waals surface area contributed by atoms with E-state index < -0.39 is 12.0 Å². The van der Waals surface area contributed by atoms with Gasteiger partial charge in [-0.3, -0.25) is 0 Å². The van der Waals surface area contributed by atoms with Crippen LogP contribution in [0.1, 0.15) is 15.9 Å². The van der Waals surface area contributed by atoms with Gasteiger partial charge in [0.15, 0.2) is 11.5 Å². The van der Waals surface area contributed by atoms with Gasteiger partial charge in [0, 0.05) is 12.2 Å². The van der Waals surface area contributed by atoms with E-state index in [4.69, 9.17) is 9.47 Å². The quantitative estimate of drug-likeness (QED) is 0.787. The lowest BCUT2D eigenvalue weighted by Gasteiger charge is -2.11. The van der Waals surface area contributed by atoms with Crippen LogP contribution in [0.3, 0.4) is 0 Å². The second kappa shape index (κ2) is 8.58. The van der Waals surface area contributed by atoms with Crippen molar-refractivity contribution >= 4 is 17.7 Å². The van der Waals surface area contributed by atoms with Crippen LogP contribution in [0.25, 0.3) is 0 Å². The SMILES string of the molecule is COC(=O)c1cccc(NC(=O)NCc2ccc(OC)c(OC)c2)c1. The zero-order valence-corrected chi connectivity index (χ0v) is 14.3. The number of anilines is 1. The fourth-order valence-corrected chi connectivity index (χ4v) is 2.19. The molecular weight excluding hydrogens is 324 g/mol. The second-order valence-corrected chi connectivity index (χ2v) is 5.07. The molecule has 2 rings (SSSR count). The summed E-state index contributed by atoms with van der Waals surface area (Å²) in [5, 5.41) is 5.41. The Balaban J connectivity index is 1.96. The summed E-state index contributed by atoms with van der Waals surface area (Å²) < 4.78 is 15.1. The zero-order chi connectivity index (χ0) is 18.2. The van der Waals surface area contributed by atoms with Crippen LogP contribution in [0.4, 0.5) is 10.5 Å². The fourth-order valence-electron chi connectivity index (χ4n) is 2.19. The predicted octanol–water partition coefficient (Wildman–Crippen LogP) is 2.81. The Morgan fingerprint density at radius 1 is 0.960 bits per heavy atom. The molecule has 0 radical (unpaired) electrons. The highest BCUT2D eigenvalue weighted by Crippen LogP contribution is 2.27. The van der Waals surface area contributed by atoms with E-state index in [-0.39, 0.29) is 0 Å². The fraction of sp³-hybridized carbons (Fsp3) is 0.222. The Kier molecular flexibility index (Phi) is 6.22. The molecule has 2 aromatic rings. The molecule has 2 aromatic carbocycles. The molecular formula is C18H20N2O5. The van der Waals surface area contributed by atoms with Gasteiger partial charge in [0.05, 0.1) is 26.9 Å². The summed E-state index contributed by atoms with van der Waals surface area (Å²) in [6, 6.07) is 11.5. The van der Waals surface area contributed by atoms with Crippen LogP contribution >= 0.6 is 0 Å². The first-order chi connectivity index (χ1) is 12.1. The van der Waals surface area contributed by atoms with E-state index in [0.29, 0.717) is 29.3 Å². The maximum Gasteiger partial charge on any atom is 0.337 e. The number of carbonyl (C=O) groups is 2. The largest absolute Gasteiger partial charge is 0.493 e. The van der Waals surface area contributed by atoms with E-state index in [0.717, 1.165) is 5.56 Å². The molecule has 2 amide bonds. The van der Waals surface area contributed by atoms with Gasteiger partial charge in [0.1, 0.15) is 0 Å². The third kappa shape index (κ3) is 4.87. The smallest absolute Gasteiger partial charge is 0.337 e. The van der Waals surface area contributed by atoms with Gasteiger partial charge in [-0.05, 0) is 35.9 Å². The maximum absolute atomic E-state index is 12.0. The van der Waals surface area contributed by atoms with Crippen LogP contribution in [-0.4, -0.2) is 33.3 Å². The van der Waals surface area contributed by atoms with Crippen LogP contribution < -0.4 is 20.1 Å². The number of urea groups is 1. The first kappa shape index (κ1) is 18.1. The van der Waals surface area contributed by atoms with Crippen molar-refractivity contribution in [2.45, 2.75) is 6.54 Å². The molecule has 0 saturated carbocycles. The molecule has 0 aliphatic carbocycles. The lowest BCUT2D eigenvalue weighted by Crippen LogP contribution is -2.28. The molecule has 0 aromatic heterocycles. The highest BCUT2D eigenvalue weighted by atomic mass is 16.5. The van der Waals surface area contributed by atoms with E-state index >= 15 is 0 Å². The predicted molar refractivity (Wildman–Crippen MR) is 93.2 cm³/mol. The number of nitrogens with one attached hydrogen (secondary N) is 2. The molecule has 7 nitrogen and oxygen atoms in total. The number of benzene rings is 2. The number of amides is 2. The lowest BCUT2D eigenvalue weighted by molar-refractivity contribution is 0.0600. The molecule has 0 atom stereocenters. The standard InChI is InChI=1S/C18H20N2O5/c1-23-15-8-7-12(9-16(15)24-2)11-19-18(22)20-14-6-4-5-13(10-14)17(21)25-3/h4-10H,11H2,1-3H3,(H2,19,20,22). The number of carbonyl (C=O) groups excluding carboxylic acids is 2. The molecule has 0 saturated heterocycles. The van der Waals surface area contributed by atoms with Gasteiger partial charge in [0.25, 0.3) is 0 Å². The van der Waals surface area contributed by atoms with Crippen LogP contribution in [0.5, 0.6) is 11.5 Å². The van der Waals surface area contributed by atoms with Crippen LogP contribution in [0, 0.1) is 0 Å². The first-order valence-corrected chi connectivity index (χ1v) is 7.51. The Morgan fingerprint density at radius 2 is 1.72 bits per heavy atom. The average Bonchev–Trinajstić information content (AvgIpc) is 2.65. The van der Waals surface area contributed by atoms with Crippen molar-refractivity contribution in [1.82, 2.24) is 5.32 Å². The highest BCUT2D eigenvalue weighted by molar-refractivity contribution is 5.93. The van der Waals surface area contributed by atoms with Gasteiger partial charge in [-0.25, -0.2) is 9.59 Å². The molecule has 0 spiro atoms. The average molecular weight is 344 g/mol. The van der Waals surface area contributed by atoms with Crippen molar-refractivity contribution in [2.24, 2.45) is 0 Å².